The Morgan fingerprint density at radius 1 is 0.962 bits per heavy atom. The molecule has 1 heterocycles. The standard InChI is InChI=1S/C20H25BrN2O2S/c1-4-17-5-7-18(8-6-17)22-9-11-23(12-10-22)26(24,25)20-14-19(21)15(2)13-16(20)3/h5-8,13-14H,4,9-12H2,1-3H3. The van der Waals surface area contributed by atoms with E-state index in [1.165, 1.54) is 5.56 Å². The van der Waals surface area contributed by atoms with Gasteiger partial charge in [0.2, 0.25) is 10.0 Å². The van der Waals surface area contributed by atoms with Crippen LogP contribution in [-0.2, 0) is 16.4 Å². The molecule has 1 aliphatic heterocycles. The first-order valence-corrected chi connectivity index (χ1v) is 11.2. The van der Waals surface area contributed by atoms with Crippen molar-refractivity contribution in [1.82, 2.24) is 4.31 Å². The summed E-state index contributed by atoms with van der Waals surface area (Å²) in [7, 11) is -3.47. The van der Waals surface area contributed by atoms with Crippen molar-refractivity contribution in [2.75, 3.05) is 31.1 Å². The summed E-state index contributed by atoms with van der Waals surface area (Å²) in [6, 6.07) is 12.2. The second-order valence-electron chi connectivity index (χ2n) is 6.78. The number of piperazine rings is 1. The van der Waals surface area contributed by atoms with Crippen LogP contribution in [0.5, 0.6) is 0 Å². The van der Waals surface area contributed by atoms with Crippen molar-refractivity contribution in [3.8, 4) is 0 Å². The molecule has 0 aliphatic carbocycles. The predicted molar refractivity (Wildman–Crippen MR) is 110 cm³/mol. The largest absolute Gasteiger partial charge is 0.369 e. The molecule has 0 atom stereocenters. The van der Waals surface area contributed by atoms with E-state index in [0.717, 1.165) is 27.7 Å². The maximum absolute atomic E-state index is 13.1. The van der Waals surface area contributed by atoms with Gasteiger partial charge in [0.1, 0.15) is 0 Å². The van der Waals surface area contributed by atoms with E-state index in [1.54, 1.807) is 10.4 Å². The van der Waals surface area contributed by atoms with E-state index >= 15 is 0 Å². The number of aryl methyl sites for hydroxylation is 3. The SMILES string of the molecule is CCc1ccc(N2CCN(S(=O)(=O)c3cc(Br)c(C)cc3C)CC2)cc1. The van der Waals surface area contributed by atoms with Gasteiger partial charge in [0.05, 0.1) is 4.90 Å². The molecular formula is C20H25BrN2O2S. The van der Waals surface area contributed by atoms with Gasteiger partial charge in [-0.2, -0.15) is 4.31 Å². The Balaban J connectivity index is 1.75. The number of sulfonamides is 1. The summed E-state index contributed by atoms with van der Waals surface area (Å²) in [4.78, 5) is 2.65. The lowest BCUT2D eigenvalue weighted by Crippen LogP contribution is -2.48. The van der Waals surface area contributed by atoms with Gasteiger partial charge in [-0.25, -0.2) is 8.42 Å². The van der Waals surface area contributed by atoms with Gasteiger partial charge < -0.3 is 4.90 Å². The molecule has 26 heavy (non-hydrogen) atoms. The average molecular weight is 437 g/mol. The topological polar surface area (TPSA) is 40.6 Å². The second-order valence-corrected chi connectivity index (χ2v) is 9.54. The molecule has 6 heteroatoms. The van der Waals surface area contributed by atoms with Gasteiger partial charge in [0, 0.05) is 36.3 Å². The summed E-state index contributed by atoms with van der Waals surface area (Å²) in [6.45, 7) is 8.39. The first-order valence-electron chi connectivity index (χ1n) is 8.93. The van der Waals surface area contributed by atoms with Crippen LogP contribution in [0.25, 0.3) is 0 Å². The quantitative estimate of drug-likeness (QED) is 0.722. The summed E-state index contributed by atoms with van der Waals surface area (Å²) in [5.41, 5.74) is 4.31. The fourth-order valence-electron chi connectivity index (χ4n) is 3.35. The van der Waals surface area contributed by atoms with Crippen molar-refractivity contribution >= 4 is 31.6 Å². The summed E-state index contributed by atoms with van der Waals surface area (Å²) in [5.74, 6) is 0. The lowest BCUT2D eigenvalue weighted by atomic mass is 10.1. The molecule has 0 bridgehead atoms. The number of hydrogen-bond donors (Lipinski definition) is 0. The third kappa shape index (κ3) is 3.82. The minimum atomic E-state index is -3.47. The van der Waals surface area contributed by atoms with Gasteiger partial charge in [-0.1, -0.05) is 41.1 Å². The van der Waals surface area contributed by atoms with Crippen molar-refractivity contribution < 1.29 is 8.42 Å². The van der Waals surface area contributed by atoms with Gasteiger partial charge in [0.15, 0.2) is 0 Å². The van der Waals surface area contributed by atoms with E-state index in [9.17, 15) is 8.42 Å². The van der Waals surface area contributed by atoms with Crippen molar-refractivity contribution in [2.45, 2.75) is 32.1 Å². The molecular weight excluding hydrogens is 412 g/mol. The van der Waals surface area contributed by atoms with E-state index < -0.39 is 10.0 Å². The number of rotatable bonds is 4. The van der Waals surface area contributed by atoms with Crippen LogP contribution in [0.4, 0.5) is 5.69 Å². The van der Waals surface area contributed by atoms with Crippen LogP contribution in [0, 0.1) is 13.8 Å². The zero-order chi connectivity index (χ0) is 18.9. The molecule has 0 radical (unpaired) electrons. The van der Waals surface area contributed by atoms with Crippen molar-refractivity contribution in [1.29, 1.82) is 0 Å². The van der Waals surface area contributed by atoms with Crippen molar-refractivity contribution in [3.05, 3.63) is 57.6 Å². The zero-order valence-electron chi connectivity index (χ0n) is 15.5. The fourth-order valence-corrected chi connectivity index (χ4v) is 5.50. The maximum atomic E-state index is 13.1. The first-order chi connectivity index (χ1) is 12.3. The van der Waals surface area contributed by atoms with Crippen LogP contribution < -0.4 is 4.90 Å². The normalized spacial score (nSPS) is 16.1. The van der Waals surface area contributed by atoms with E-state index in [1.807, 2.05) is 19.9 Å². The van der Waals surface area contributed by atoms with Crippen LogP contribution in [0.1, 0.15) is 23.6 Å². The van der Waals surface area contributed by atoms with Crippen molar-refractivity contribution in [3.63, 3.8) is 0 Å². The van der Waals surface area contributed by atoms with E-state index in [-0.39, 0.29) is 0 Å². The van der Waals surface area contributed by atoms with Gasteiger partial charge in [-0.3, -0.25) is 0 Å². The van der Waals surface area contributed by atoms with E-state index in [2.05, 4.69) is 52.0 Å². The highest BCUT2D eigenvalue weighted by Crippen LogP contribution is 2.28. The van der Waals surface area contributed by atoms with E-state index in [4.69, 9.17) is 0 Å². The molecule has 4 nitrogen and oxygen atoms in total. The summed E-state index contributed by atoms with van der Waals surface area (Å²) < 4.78 is 28.6. The zero-order valence-corrected chi connectivity index (χ0v) is 17.9. The minimum Gasteiger partial charge on any atom is -0.369 e. The number of benzene rings is 2. The summed E-state index contributed by atoms with van der Waals surface area (Å²) >= 11 is 3.46. The van der Waals surface area contributed by atoms with Crippen LogP contribution >= 0.6 is 15.9 Å². The van der Waals surface area contributed by atoms with Crippen LogP contribution in [0.15, 0.2) is 45.8 Å². The smallest absolute Gasteiger partial charge is 0.243 e. The predicted octanol–water partition coefficient (Wildman–Crippen LogP) is 4.14. The third-order valence-electron chi connectivity index (χ3n) is 5.02. The monoisotopic (exact) mass is 436 g/mol. The Morgan fingerprint density at radius 2 is 1.58 bits per heavy atom. The minimum absolute atomic E-state index is 0.399. The molecule has 3 rings (SSSR count). The molecule has 0 N–H and O–H groups in total. The molecule has 0 spiro atoms. The van der Waals surface area contributed by atoms with Crippen LogP contribution in [0.3, 0.4) is 0 Å². The Morgan fingerprint density at radius 3 is 2.15 bits per heavy atom. The van der Waals surface area contributed by atoms with Crippen LogP contribution in [0.2, 0.25) is 0 Å². The number of anilines is 1. The molecule has 1 fully saturated rings. The number of nitrogens with zero attached hydrogens (tertiary/aromatic N) is 2. The third-order valence-corrected chi connectivity index (χ3v) is 7.92. The molecule has 0 aromatic heterocycles. The highest BCUT2D eigenvalue weighted by Gasteiger charge is 2.30. The Kier molecular flexibility index (Phi) is 5.75. The molecule has 0 saturated carbocycles. The molecule has 2 aromatic carbocycles. The molecule has 140 valence electrons. The highest BCUT2D eigenvalue weighted by molar-refractivity contribution is 9.10. The average Bonchev–Trinajstić information content (AvgIpc) is 2.65. The maximum Gasteiger partial charge on any atom is 0.243 e. The van der Waals surface area contributed by atoms with Crippen LogP contribution in [-0.4, -0.2) is 38.9 Å². The first kappa shape index (κ1) is 19.4. The number of hydrogen-bond acceptors (Lipinski definition) is 3. The Hall–Kier alpha value is -1.37. The molecule has 0 amide bonds. The lowest BCUT2D eigenvalue weighted by molar-refractivity contribution is 0.384. The molecule has 1 saturated heterocycles. The fraction of sp³-hybridized carbons (Fsp3) is 0.400. The van der Waals surface area contributed by atoms with E-state index in [0.29, 0.717) is 31.1 Å². The molecule has 0 unspecified atom stereocenters. The van der Waals surface area contributed by atoms with Gasteiger partial charge >= 0.3 is 0 Å². The number of halogens is 1. The lowest BCUT2D eigenvalue weighted by Gasteiger charge is -2.35. The summed E-state index contributed by atoms with van der Waals surface area (Å²) in [5, 5.41) is 0. The van der Waals surface area contributed by atoms with Gasteiger partial charge in [0.25, 0.3) is 0 Å². The van der Waals surface area contributed by atoms with Crippen molar-refractivity contribution in [2.24, 2.45) is 0 Å². The molecule has 2 aromatic rings. The highest BCUT2D eigenvalue weighted by atomic mass is 79.9. The second kappa shape index (κ2) is 7.71. The molecule has 1 aliphatic rings. The Bertz CT molecular complexity index is 887. The van der Waals surface area contributed by atoms with Gasteiger partial charge in [-0.05, 0) is 55.2 Å². The summed E-state index contributed by atoms with van der Waals surface area (Å²) in [6.07, 6.45) is 1.03. The van der Waals surface area contributed by atoms with Gasteiger partial charge in [-0.15, -0.1) is 0 Å². The Labute approximate surface area is 165 Å².